The molecule has 8 heteroatoms. The second-order valence-electron chi connectivity index (χ2n) is 2.69. The Kier molecular flexibility index (Phi) is 4.05. The first-order valence-electron chi connectivity index (χ1n) is 4.25. The maximum atomic E-state index is 5.87. The second-order valence-corrected chi connectivity index (χ2v) is 5.12. The number of rotatable bonds is 4. The van der Waals surface area contributed by atoms with Crippen molar-refractivity contribution in [2.75, 3.05) is 7.11 Å². The largest absolute Gasteiger partial charge is 0.377 e. The maximum absolute atomic E-state index is 5.87. The Morgan fingerprint density at radius 2 is 2.38 bits per heavy atom. The smallest absolute Gasteiger partial charge is 0.175 e. The van der Waals surface area contributed by atoms with Crippen LogP contribution in [0.1, 0.15) is 5.82 Å². The summed E-state index contributed by atoms with van der Waals surface area (Å²) in [4.78, 5) is 12.4. The lowest BCUT2D eigenvalue weighted by molar-refractivity contribution is 0.177. The lowest BCUT2D eigenvalue weighted by atomic mass is 10.6. The number of aromatic nitrogens is 4. The van der Waals surface area contributed by atoms with Crippen LogP contribution in [-0.4, -0.2) is 26.4 Å². The van der Waals surface area contributed by atoms with Gasteiger partial charge < -0.3 is 4.74 Å². The summed E-state index contributed by atoms with van der Waals surface area (Å²) in [6.07, 6.45) is 1.51. The van der Waals surface area contributed by atoms with Crippen molar-refractivity contribution in [1.82, 2.24) is 19.3 Å². The molecule has 2 aromatic rings. The van der Waals surface area contributed by atoms with Gasteiger partial charge in [-0.3, -0.25) is 0 Å². The fourth-order valence-electron chi connectivity index (χ4n) is 0.985. The first-order valence-corrected chi connectivity index (χ1v) is 6.21. The molecule has 0 aliphatic rings. The van der Waals surface area contributed by atoms with Crippen LogP contribution in [0.2, 0.25) is 5.15 Å². The van der Waals surface area contributed by atoms with Crippen molar-refractivity contribution < 1.29 is 4.74 Å². The molecule has 0 atom stereocenters. The third-order valence-corrected chi connectivity index (χ3v) is 3.35. The van der Waals surface area contributed by atoms with Crippen molar-refractivity contribution in [2.45, 2.75) is 16.0 Å². The van der Waals surface area contributed by atoms with Gasteiger partial charge in [-0.05, 0) is 23.3 Å². The number of halogens is 1. The molecular formula is C8H7ClN4OS2. The minimum absolute atomic E-state index is 0.338. The number of nitrogens with zero attached hydrogens (tertiary/aromatic N) is 4. The zero-order chi connectivity index (χ0) is 11.4. The van der Waals surface area contributed by atoms with Crippen LogP contribution in [0.3, 0.4) is 0 Å². The summed E-state index contributed by atoms with van der Waals surface area (Å²) in [5.41, 5.74) is 0. The van der Waals surface area contributed by atoms with E-state index in [0.717, 1.165) is 9.37 Å². The predicted octanol–water partition coefficient (Wildman–Crippen LogP) is 2.28. The Balaban J connectivity index is 2.20. The highest BCUT2D eigenvalue weighted by Crippen LogP contribution is 2.27. The molecule has 0 unspecified atom stereocenters. The van der Waals surface area contributed by atoms with Gasteiger partial charge in [0.25, 0.3) is 0 Å². The molecule has 0 bridgehead atoms. The summed E-state index contributed by atoms with van der Waals surface area (Å²) in [6, 6.07) is 1.69. The SMILES string of the molecule is COCc1nc(Cl)cc(Sc2ncns2)n1. The Labute approximate surface area is 105 Å². The highest BCUT2D eigenvalue weighted by molar-refractivity contribution is 8.00. The van der Waals surface area contributed by atoms with Gasteiger partial charge in [0.2, 0.25) is 0 Å². The van der Waals surface area contributed by atoms with Crippen LogP contribution >= 0.6 is 34.9 Å². The normalized spacial score (nSPS) is 10.6. The quantitative estimate of drug-likeness (QED) is 0.797. The van der Waals surface area contributed by atoms with E-state index in [2.05, 4.69) is 19.3 Å². The minimum Gasteiger partial charge on any atom is -0.377 e. The van der Waals surface area contributed by atoms with Crippen molar-refractivity contribution in [3.8, 4) is 0 Å². The monoisotopic (exact) mass is 274 g/mol. The van der Waals surface area contributed by atoms with Crippen molar-refractivity contribution >= 4 is 34.9 Å². The standard InChI is InChI=1S/C8H7ClN4OS2/c1-14-3-6-12-5(9)2-7(13-6)15-8-10-4-11-16-8/h2,4H,3H2,1H3. The van der Waals surface area contributed by atoms with E-state index < -0.39 is 0 Å². The Morgan fingerprint density at radius 1 is 1.50 bits per heavy atom. The van der Waals surface area contributed by atoms with E-state index >= 15 is 0 Å². The van der Waals surface area contributed by atoms with Crippen LogP contribution in [0.4, 0.5) is 0 Å². The Bertz CT molecular complexity index is 465. The summed E-state index contributed by atoms with van der Waals surface area (Å²) in [7, 11) is 1.59. The van der Waals surface area contributed by atoms with Crippen LogP contribution in [0.15, 0.2) is 21.8 Å². The Hall–Kier alpha value is -0.760. The molecule has 84 valence electrons. The third-order valence-electron chi connectivity index (χ3n) is 1.52. The molecule has 0 aliphatic carbocycles. The van der Waals surface area contributed by atoms with E-state index in [-0.39, 0.29) is 0 Å². The van der Waals surface area contributed by atoms with Gasteiger partial charge in [0.05, 0.1) is 0 Å². The van der Waals surface area contributed by atoms with Crippen molar-refractivity contribution in [1.29, 1.82) is 0 Å². The number of hydrogen-bond donors (Lipinski definition) is 0. The van der Waals surface area contributed by atoms with Gasteiger partial charge in [0, 0.05) is 13.2 Å². The molecular weight excluding hydrogens is 268 g/mol. The summed E-state index contributed by atoms with van der Waals surface area (Å²) in [5, 5.41) is 1.14. The van der Waals surface area contributed by atoms with Gasteiger partial charge >= 0.3 is 0 Å². The van der Waals surface area contributed by atoms with E-state index in [0.29, 0.717) is 17.6 Å². The molecule has 0 spiro atoms. The number of methoxy groups -OCH3 is 1. The fourth-order valence-corrected chi connectivity index (χ4v) is 2.66. The molecule has 2 heterocycles. The average Bonchev–Trinajstić information content (AvgIpc) is 2.70. The molecule has 0 saturated heterocycles. The topological polar surface area (TPSA) is 60.8 Å². The predicted molar refractivity (Wildman–Crippen MR) is 61.8 cm³/mol. The second kappa shape index (κ2) is 5.53. The molecule has 0 saturated carbocycles. The number of ether oxygens (including phenoxy) is 1. The van der Waals surface area contributed by atoms with Gasteiger partial charge in [-0.1, -0.05) is 11.6 Å². The summed E-state index contributed by atoms with van der Waals surface area (Å²) >= 11 is 8.59. The zero-order valence-electron chi connectivity index (χ0n) is 8.25. The van der Waals surface area contributed by atoms with Crippen molar-refractivity contribution in [2.24, 2.45) is 0 Å². The molecule has 0 amide bonds. The third kappa shape index (κ3) is 3.11. The van der Waals surface area contributed by atoms with E-state index in [4.69, 9.17) is 16.3 Å². The molecule has 16 heavy (non-hydrogen) atoms. The van der Waals surface area contributed by atoms with Gasteiger partial charge in [-0.25, -0.2) is 15.0 Å². The molecule has 0 aliphatic heterocycles. The molecule has 5 nitrogen and oxygen atoms in total. The van der Waals surface area contributed by atoms with Gasteiger partial charge in [0.15, 0.2) is 10.2 Å². The molecule has 0 fully saturated rings. The average molecular weight is 275 g/mol. The first kappa shape index (κ1) is 11.7. The fraction of sp³-hybridized carbons (Fsp3) is 0.250. The van der Waals surface area contributed by atoms with E-state index in [9.17, 15) is 0 Å². The lowest BCUT2D eigenvalue weighted by Gasteiger charge is -2.02. The lowest BCUT2D eigenvalue weighted by Crippen LogP contribution is -1.98. The van der Waals surface area contributed by atoms with Crippen LogP contribution < -0.4 is 0 Å². The summed E-state index contributed by atoms with van der Waals surface area (Å²) in [5.74, 6) is 0.557. The van der Waals surface area contributed by atoms with Crippen LogP contribution in [-0.2, 0) is 11.3 Å². The molecule has 2 aromatic heterocycles. The molecule has 0 N–H and O–H groups in total. The van der Waals surface area contributed by atoms with E-state index in [1.165, 1.54) is 29.6 Å². The van der Waals surface area contributed by atoms with Crippen LogP contribution in [0.25, 0.3) is 0 Å². The summed E-state index contributed by atoms with van der Waals surface area (Å²) in [6.45, 7) is 0.338. The van der Waals surface area contributed by atoms with Gasteiger partial charge in [0.1, 0.15) is 23.1 Å². The number of hydrogen-bond acceptors (Lipinski definition) is 7. The van der Waals surface area contributed by atoms with Gasteiger partial charge in [-0.15, -0.1) is 0 Å². The Morgan fingerprint density at radius 3 is 3.06 bits per heavy atom. The minimum atomic E-state index is 0.338. The van der Waals surface area contributed by atoms with E-state index in [1.54, 1.807) is 13.2 Å². The summed E-state index contributed by atoms with van der Waals surface area (Å²) < 4.78 is 9.68. The van der Waals surface area contributed by atoms with E-state index in [1.807, 2.05) is 0 Å². The van der Waals surface area contributed by atoms with Crippen molar-refractivity contribution in [3.05, 3.63) is 23.4 Å². The molecule has 0 aromatic carbocycles. The van der Waals surface area contributed by atoms with Crippen molar-refractivity contribution in [3.63, 3.8) is 0 Å². The highest BCUT2D eigenvalue weighted by atomic mass is 35.5. The molecule has 2 rings (SSSR count). The van der Waals surface area contributed by atoms with Crippen LogP contribution in [0, 0.1) is 0 Å². The zero-order valence-corrected chi connectivity index (χ0v) is 10.6. The first-order chi connectivity index (χ1) is 7.78. The highest BCUT2D eigenvalue weighted by Gasteiger charge is 2.06. The maximum Gasteiger partial charge on any atom is 0.175 e. The van der Waals surface area contributed by atoms with Gasteiger partial charge in [-0.2, -0.15) is 4.37 Å². The van der Waals surface area contributed by atoms with Crippen LogP contribution in [0.5, 0.6) is 0 Å². The molecule has 0 radical (unpaired) electrons.